The molecule has 0 radical (unpaired) electrons. The van der Waals surface area contributed by atoms with E-state index < -0.39 is 78.1 Å². The molecule has 3 fully saturated rings. The van der Waals surface area contributed by atoms with Gasteiger partial charge < -0.3 is 24.1 Å². The molecule has 8 atom stereocenters. The Balaban J connectivity index is 1.84. The fourth-order valence-corrected chi connectivity index (χ4v) is 12.4. The van der Waals surface area contributed by atoms with Crippen LogP contribution in [0, 0.1) is 22.7 Å². The molecular formula is C36H50O9Si. The predicted molar refractivity (Wildman–Crippen MR) is 173 cm³/mol. The minimum Gasteiger partial charge on any atom is -0.458 e. The highest BCUT2D eigenvalue weighted by Gasteiger charge is 2.77. The van der Waals surface area contributed by atoms with Gasteiger partial charge in [0.25, 0.3) is 0 Å². The number of carbonyl (C=O) groups excluding carboxylic acids is 4. The van der Waals surface area contributed by atoms with Crippen LogP contribution in [0.1, 0.15) is 91.4 Å². The zero-order chi connectivity index (χ0) is 34.0. The summed E-state index contributed by atoms with van der Waals surface area (Å²) in [6.07, 6.45) is -2.30. The third-order valence-electron chi connectivity index (χ3n) is 12.6. The largest absolute Gasteiger partial charge is 0.458 e. The Bertz CT molecular complexity index is 1440. The van der Waals surface area contributed by atoms with E-state index in [1.165, 1.54) is 6.92 Å². The van der Waals surface area contributed by atoms with Gasteiger partial charge in [-0.3, -0.25) is 14.4 Å². The van der Waals surface area contributed by atoms with Crippen molar-refractivity contribution in [3.05, 3.63) is 47.0 Å². The van der Waals surface area contributed by atoms with E-state index in [1.807, 2.05) is 0 Å². The van der Waals surface area contributed by atoms with Crippen LogP contribution in [0.4, 0.5) is 0 Å². The molecule has 1 aromatic rings. The van der Waals surface area contributed by atoms with Crippen molar-refractivity contribution in [3.8, 4) is 0 Å². The minimum atomic E-state index is -2.39. The van der Waals surface area contributed by atoms with Gasteiger partial charge in [-0.2, -0.15) is 0 Å². The zero-order valence-corrected chi connectivity index (χ0v) is 29.5. The molecule has 0 unspecified atom stereocenters. The molecule has 5 rings (SSSR count). The van der Waals surface area contributed by atoms with Gasteiger partial charge >= 0.3 is 11.9 Å². The van der Waals surface area contributed by atoms with Gasteiger partial charge in [-0.05, 0) is 68.9 Å². The third-order valence-corrected chi connectivity index (χ3v) is 17.3. The molecule has 4 aliphatic rings. The van der Waals surface area contributed by atoms with E-state index in [4.69, 9.17) is 13.9 Å². The van der Waals surface area contributed by atoms with E-state index in [-0.39, 0.29) is 23.5 Å². The fraction of sp³-hybridized carbons (Fsp3) is 0.667. The van der Waals surface area contributed by atoms with E-state index >= 15 is 4.79 Å². The van der Waals surface area contributed by atoms with Crippen molar-refractivity contribution >= 4 is 31.8 Å². The second kappa shape index (κ2) is 11.8. The molecule has 2 bridgehead atoms. The third kappa shape index (κ3) is 4.80. The lowest BCUT2D eigenvalue weighted by Gasteiger charge is -2.68. The number of fused-ring (bicyclic) bond motifs is 5. The topological polar surface area (TPSA) is 136 Å². The van der Waals surface area contributed by atoms with E-state index in [9.17, 15) is 24.6 Å². The number of hydrogen-bond donors (Lipinski definition) is 2. The summed E-state index contributed by atoms with van der Waals surface area (Å²) >= 11 is 0. The second-order valence-corrected chi connectivity index (χ2v) is 19.5. The van der Waals surface area contributed by atoms with Crippen LogP contribution in [-0.2, 0) is 28.3 Å². The van der Waals surface area contributed by atoms with Gasteiger partial charge in [0.05, 0.1) is 29.1 Å². The van der Waals surface area contributed by atoms with Gasteiger partial charge in [0.15, 0.2) is 8.32 Å². The van der Waals surface area contributed by atoms with Crippen LogP contribution in [0.3, 0.4) is 0 Å². The Labute approximate surface area is 273 Å². The highest BCUT2D eigenvalue weighted by molar-refractivity contribution is 6.73. The monoisotopic (exact) mass is 654 g/mol. The van der Waals surface area contributed by atoms with Crippen LogP contribution >= 0.6 is 0 Å². The summed E-state index contributed by atoms with van der Waals surface area (Å²) in [5, 5.41) is 24.4. The maximum absolute atomic E-state index is 15.1. The van der Waals surface area contributed by atoms with Crippen molar-refractivity contribution in [1.29, 1.82) is 0 Å². The van der Waals surface area contributed by atoms with Gasteiger partial charge in [0.2, 0.25) is 11.6 Å². The van der Waals surface area contributed by atoms with Gasteiger partial charge in [-0.15, -0.1) is 0 Å². The summed E-state index contributed by atoms with van der Waals surface area (Å²) in [7, 11) is -2.39. The first-order valence-corrected chi connectivity index (χ1v) is 19.4. The molecule has 0 aliphatic heterocycles. The number of rotatable bonds is 8. The highest BCUT2D eigenvalue weighted by atomic mass is 28.4. The van der Waals surface area contributed by atoms with E-state index in [0.29, 0.717) is 24.8 Å². The Morgan fingerprint density at radius 3 is 2.15 bits per heavy atom. The van der Waals surface area contributed by atoms with Crippen LogP contribution < -0.4 is 0 Å². The standard InChI is InChI=1S/C36H50O9Si/c1-9-46(10-2,11-3)45-26-19-24-17-18-35(24,44-22(5)37)29-31(43-32(41)23-15-13-12-14-16-23)36(42)20-25(38)21(4)27(33(36,6)7)28(39)30(40)34(26,29)8/h12-16,24-26,29,31,38,42H,9-11,17-20H2,1-8H3/t24-,25+,26+,29+,31+,34-,35+,36-/m1/s1. The summed E-state index contributed by atoms with van der Waals surface area (Å²) in [6, 6.07) is 10.8. The Kier molecular flexibility index (Phi) is 8.88. The molecule has 46 heavy (non-hydrogen) atoms. The predicted octanol–water partition coefficient (Wildman–Crippen LogP) is 5.33. The molecule has 3 saturated carbocycles. The number of benzene rings is 1. The highest BCUT2D eigenvalue weighted by Crippen LogP contribution is 2.67. The van der Waals surface area contributed by atoms with Gasteiger partial charge in [0, 0.05) is 30.3 Å². The van der Waals surface area contributed by atoms with Crippen molar-refractivity contribution in [3.63, 3.8) is 0 Å². The number of hydrogen-bond acceptors (Lipinski definition) is 9. The maximum Gasteiger partial charge on any atom is 0.338 e. The van der Waals surface area contributed by atoms with E-state index in [0.717, 1.165) is 18.1 Å². The minimum absolute atomic E-state index is 0.0280. The fourth-order valence-electron chi connectivity index (χ4n) is 9.44. The Hall–Kier alpha value is -2.66. The molecule has 0 saturated heterocycles. The van der Waals surface area contributed by atoms with Crippen molar-refractivity contribution in [2.24, 2.45) is 22.7 Å². The molecule has 0 aromatic heterocycles. The summed E-state index contributed by atoms with van der Waals surface area (Å²) in [5.74, 6) is -4.21. The SMILES string of the molecule is CC[Si](CC)(CC)O[C@H]1C[C@H]2CC[C@@]2(OC(C)=O)[C@H]2[C@H](OC(=O)c3ccccc3)[C@]3(O)C[C@H](O)C(C)=C(C(=O)C(=O)[C@]12C)C3(C)C. The maximum atomic E-state index is 15.1. The number of aliphatic hydroxyl groups excluding tert-OH is 1. The lowest BCUT2D eigenvalue weighted by Crippen LogP contribution is -2.78. The number of Topliss-reactive ketones (excluding diaryl/α,β-unsaturated/α-hetero) is 2. The molecule has 4 aliphatic carbocycles. The van der Waals surface area contributed by atoms with Gasteiger partial charge in [-0.1, -0.05) is 52.8 Å². The molecule has 0 heterocycles. The zero-order valence-electron chi connectivity index (χ0n) is 28.5. The Morgan fingerprint density at radius 1 is 1.02 bits per heavy atom. The summed E-state index contributed by atoms with van der Waals surface area (Å²) < 4.78 is 19.8. The van der Waals surface area contributed by atoms with Crippen molar-refractivity contribution < 1.29 is 43.3 Å². The van der Waals surface area contributed by atoms with Gasteiger partial charge in [-0.25, -0.2) is 4.79 Å². The van der Waals surface area contributed by atoms with Crippen LogP contribution in [0.5, 0.6) is 0 Å². The lowest BCUT2D eigenvalue weighted by molar-refractivity contribution is -0.290. The first kappa shape index (κ1) is 34.7. The number of ketones is 2. The molecule has 2 N–H and O–H groups in total. The summed E-state index contributed by atoms with van der Waals surface area (Å²) in [6.45, 7) is 14.2. The lowest BCUT2D eigenvalue weighted by atomic mass is 9.41. The van der Waals surface area contributed by atoms with Crippen molar-refractivity contribution in [2.75, 3.05) is 0 Å². The first-order valence-electron chi connectivity index (χ1n) is 16.8. The number of ether oxygens (including phenoxy) is 2. The molecule has 252 valence electrons. The molecule has 10 heteroatoms. The normalized spacial score (nSPS) is 36.9. The average Bonchev–Trinajstić information content (AvgIpc) is 3.01. The van der Waals surface area contributed by atoms with Crippen molar-refractivity contribution in [2.45, 2.75) is 129 Å². The average molecular weight is 655 g/mol. The first-order chi connectivity index (χ1) is 21.5. The number of esters is 2. The van der Waals surface area contributed by atoms with E-state index in [2.05, 4.69) is 20.8 Å². The van der Waals surface area contributed by atoms with Gasteiger partial charge in [0.1, 0.15) is 17.3 Å². The molecular weight excluding hydrogens is 604 g/mol. The van der Waals surface area contributed by atoms with Crippen LogP contribution in [-0.4, -0.2) is 71.5 Å². The van der Waals surface area contributed by atoms with Crippen LogP contribution in [0.25, 0.3) is 0 Å². The molecule has 0 spiro atoms. The second-order valence-electron chi connectivity index (χ2n) is 14.8. The molecule has 0 amide bonds. The number of aliphatic hydroxyl groups is 2. The van der Waals surface area contributed by atoms with Crippen LogP contribution in [0.2, 0.25) is 18.1 Å². The summed E-state index contributed by atoms with van der Waals surface area (Å²) in [4.78, 5) is 56.5. The van der Waals surface area contributed by atoms with Crippen molar-refractivity contribution in [1.82, 2.24) is 0 Å². The smallest absolute Gasteiger partial charge is 0.338 e. The number of carbonyl (C=O) groups is 4. The quantitative estimate of drug-likeness (QED) is 0.217. The summed E-state index contributed by atoms with van der Waals surface area (Å²) in [5.41, 5.74) is -5.82. The molecule has 1 aromatic carbocycles. The Morgan fingerprint density at radius 2 is 1.63 bits per heavy atom. The van der Waals surface area contributed by atoms with Crippen LogP contribution in [0.15, 0.2) is 41.5 Å². The molecule has 9 nitrogen and oxygen atoms in total. The van der Waals surface area contributed by atoms with E-state index in [1.54, 1.807) is 58.0 Å².